The molecule has 4 rings (SSSR count). The van der Waals surface area contributed by atoms with E-state index in [2.05, 4.69) is 4.98 Å². The molecule has 5 nitrogen and oxygen atoms in total. The number of rotatable bonds is 4. The average Bonchev–Trinajstić information content (AvgIpc) is 3.30. The van der Waals surface area contributed by atoms with Crippen LogP contribution in [0.3, 0.4) is 0 Å². The van der Waals surface area contributed by atoms with Gasteiger partial charge in [0.1, 0.15) is 0 Å². The van der Waals surface area contributed by atoms with E-state index in [1.807, 2.05) is 58.0 Å². The third-order valence-electron chi connectivity index (χ3n) is 4.98. The zero-order chi connectivity index (χ0) is 17.2. The molecule has 1 saturated heterocycles. The summed E-state index contributed by atoms with van der Waals surface area (Å²) >= 11 is 0. The summed E-state index contributed by atoms with van der Waals surface area (Å²) in [4.78, 5) is 19.0. The molecule has 1 fully saturated rings. The Hall–Kier alpha value is -2.66. The topological polar surface area (TPSA) is 57.8 Å². The maximum atomic E-state index is 13.0. The van der Waals surface area contributed by atoms with Gasteiger partial charge in [0.05, 0.1) is 24.1 Å². The normalized spacial score (nSPS) is 18.6. The Morgan fingerprint density at radius 2 is 2.12 bits per heavy atom. The molecule has 1 aromatic carbocycles. The maximum Gasteiger partial charge on any atom is 0.254 e. The highest BCUT2D eigenvalue weighted by atomic mass is 16.3. The molecule has 0 saturated carbocycles. The number of imidazole rings is 1. The van der Waals surface area contributed by atoms with Gasteiger partial charge in [0.25, 0.3) is 5.91 Å². The summed E-state index contributed by atoms with van der Waals surface area (Å²) in [5, 5.41) is 10.5. The third kappa shape index (κ3) is 3.15. The number of pyridine rings is 1. The zero-order valence-corrected chi connectivity index (χ0v) is 14.0. The molecule has 2 aromatic heterocycles. The number of carbonyl (C=O) groups excluding carboxylic acids is 1. The molecular weight excluding hydrogens is 314 g/mol. The number of aliphatic hydroxyl groups is 1. The van der Waals surface area contributed by atoms with E-state index in [4.69, 9.17) is 0 Å². The highest BCUT2D eigenvalue weighted by molar-refractivity contribution is 5.95. The summed E-state index contributed by atoms with van der Waals surface area (Å²) in [6, 6.07) is 13.4. The number of likely N-dealkylation sites (tertiary alicyclic amines) is 1. The van der Waals surface area contributed by atoms with Crippen LogP contribution in [0.15, 0.2) is 61.2 Å². The van der Waals surface area contributed by atoms with Crippen molar-refractivity contribution in [3.05, 3.63) is 72.3 Å². The van der Waals surface area contributed by atoms with Gasteiger partial charge in [-0.1, -0.05) is 30.3 Å². The molecule has 1 aliphatic heterocycles. The van der Waals surface area contributed by atoms with Crippen LogP contribution < -0.4 is 0 Å². The number of hydrogen-bond acceptors (Lipinski definition) is 3. The van der Waals surface area contributed by atoms with Crippen LogP contribution in [0.1, 0.15) is 41.3 Å². The Kier molecular flexibility index (Phi) is 4.24. The highest BCUT2D eigenvalue weighted by Gasteiger charge is 2.31. The second kappa shape index (κ2) is 6.69. The van der Waals surface area contributed by atoms with Crippen LogP contribution in [0.2, 0.25) is 0 Å². The maximum absolute atomic E-state index is 13.0. The molecule has 5 heteroatoms. The molecule has 25 heavy (non-hydrogen) atoms. The lowest BCUT2D eigenvalue weighted by molar-refractivity contribution is 0.0667. The molecule has 0 radical (unpaired) electrons. The fourth-order valence-electron chi connectivity index (χ4n) is 3.64. The van der Waals surface area contributed by atoms with Crippen LogP contribution >= 0.6 is 0 Å². The Morgan fingerprint density at radius 3 is 2.96 bits per heavy atom. The van der Waals surface area contributed by atoms with Gasteiger partial charge in [-0.3, -0.25) is 4.79 Å². The van der Waals surface area contributed by atoms with Crippen molar-refractivity contribution in [1.82, 2.24) is 14.3 Å². The van der Waals surface area contributed by atoms with Crippen LogP contribution in [0.25, 0.3) is 5.52 Å². The Bertz CT molecular complexity index is 875. The van der Waals surface area contributed by atoms with Gasteiger partial charge in [0.15, 0.2) is 0 Å². The van der Waals surface area contributed by atoms with E-state index in [0.717, 1.165) is 30.5 Å². The molecule has 2 unspecified atom stereocenters. The Morgan fingerprint density at radius 1 is 1.28 bits per heavy atom. The lowest BCUT2D eigenvalue weighted by Crippen LogP contribution is -2.36. The van der Waals surface area contributed by atoms with Crippen molar-refractivity contribution in [2.75, 3.05) is 6.54 Å². The number of carbonyl (C=O) groups is 1. The fraction of sp³-hybridized carbons (Fsp3) is 0.300. The van der Waals surface area contributed by atoms with E-state index in [9.17, 15) is 9.90 Å². The van der Waals surface area contributed by atoms with E-state index in [1.165, 1.54) is 0 Å². The van der Waals surface area contributed by atoms with Gasteiger partial charge in [0.2, 0.25) is 0 Å². The first-order valence-electron chi connectivity index (χ1n) is 8.68. The van der Waals surface area contributed by atoms with Crippen LogP contribution in [0, 0.1) is 0 Å². The second-order valence-corrected chi connectivity index (χ2v) is 6.60. The van der Waals surface area contributed by atoms with Crippen molar-refractivity contribution in [3.63, 3.8) is 0 Å². The predicted molar refractivity (Wildman–Crippen MR) is 95.3 cm³/mol. The van der Waals surface area contributed by atoms with Gasteiger partial charge in [-0.25, -0.2) is 4.98 Å². The molecular formula is C20H21N3O2. The van der Waals surface area contributed by atoms with Gasteiger partial charge in [0, 0.05) is 24.3 Å². The first kappa shape index (κ1) is 15.8. The van der Waals surface area contributed by atoms with E-state index in [1.54, 1.807) is 12.5 Å². The zero-order valence-electron chi connectivity index (χ0n) is 14.0. The minimum atomic E-state index is -0.545. The first-order chi connectivity index (χ1) is 12.2. The lowest BCUT2D eigenvalue weighted by Gasteiger charge is -2.27. The average molecular weight is 335 g/mol. The molecule has 1 amide bonds. The number of aliphatic hydroxyl groups excluding tert-OH is 1. The van der Waals surface area contributed by atoms with Crippen molar-refractivity contribution in [1.29, 1.82) is 0 Å². The quantitative estimate of drug-likeness (QED) is 0.797. The summed E-state index contributed by atoms with van der Waals surface area (Å²) in [5.74, 6) is 0.0338. The molecule has 0 spiro atoms. The standard InChI is InChI=1S/C20H21N3O2/c24-19(15-5-2-1-3-6-15)12-17-7-4-9-23(17)20(25)16-8-10-22-14-21-13-18(22)11-16/h1-3,5-6,8,10-11,13-14,17,19,24H,4,7,9,12H2. The van der Waals surface area contributed by atoms with Gasteiger partial charge in [-0.05, 0) is 37.0 Å². The third-order valence-corrected chi connectivity index (χ3v) is 4.98. The van der Waals surface area contributed by atoms with E-state index < -0.39 is 6.10 Å². The van der Waals surface area contributed by atoms with Gasteiger partial charge < -0.3 is 14.4 Å². The van der Waals surface area contributed by atoms with Crippen molar-refractivity contribution in [2.45, 2.75) is 31.4 Å². The monoisotopic (exact) mass is 335 g/mol. The van der Waals surface area contributed by atoms with Crippen LogP contribution in [-0.2, 0) is 0 Å². The number of amides is 1. The summed E-state index contributed by atoms with van der Waals surface area (Å²) in [6.07, 6.45) is 7.27. The number of benzene rings is 1. The molecule has 1 aliphatic rings. The molecule has 2 atom stereocenters. The Labute approximate surface area is 146 Å². The van der Waals surface area contributed by atoms with E-state index in [0.29, 0.717) is 12.0 Å². The molecule has 1 N–H and O–H groups in total. The number of fused-ring (bicyclic) bond motifs is 1. The number of nitrogens with zero attached hydrogens (tertiary/aromatic N) is 3. The fourth-order valence-corrected chi connectivity index (χ4v) is 3.64. The summed E-state index contributed by atoms with van der Waals surface area (Å²) in [5.41, 5.74) is 2.49. The summed E-state index contributed by atoms with van der Waals surface area (Å²) in [7, 11) is 0. The molecule has 0 aliphatic carbocycles. The SMILES string of the molecule is O=C(c1ccn2cncc2c1)N1CCCC1CC(O)c1ccccc1. The predicted octanol–water partition coefficient (Wildman–Crippen LogP) is 3.06. The minimum absolute atomic E-state index is 0.0338. The van der Waals surface area contributed by atoms with Gasteiger partial charge >= 0.3 is 0 Å². The van der Waals surface area contributed by atoms with Crippen molar-refractivity contribution < 1.29 is 9.90 Å². The smallest absolute Gasteiger partial charge is 0.254 e. The van der Waals surface area contributed by atoms with Crippen molar-refractivity contribution in [3.8, 4) is 0 Å². The van der Waals surface area contributed by atoms with Crippen molar-refractivity contribution in [2.24, 2.45) is 0 Å². The summed E-state index contributed by atoms with van der Waals surface area (Å²) < 4.78 is 1.89. The first-order valence-corrected chi connectivity index (χ1v) is 8.68. The minimum Gasteiger partial charge on any atom is -0.388 e. The van der Waals surface area contributed by atoms with Crippen LogP contribution in [0.4, 0.5) is 0 Å². The molecule has 0 bridgehead atoms. The lowest BCUT2D eigenvalue weighted by atomic mass is 10.00. The van der Waals surface area contributed by atoms with Crippen LogP contribution in [-0.4, -0.2) is 37.9 Å². The largest absolute Gasteiger partial charge is 0.388 e. The second-order valence-electron chi connectivity index (χ2n) is 6.60. The molecule has 3 aromatic rings. The molecule has 128 valence electrons. The summed E-state index contributed by atoms with van der Waals surface area (Å²) in [6.45, 7) is 0.745. The van der Waals surface area contributed by atoms with E-state index >= 15 is 0 Å². The Balaban J connectivity index is 1.51. The van der Waals surface area contributed by atoms with Gasteiger partial charge in [-0.2, -0.15) is 0 Å². The van der Waals surface area contributed by atoms with Gasteiger partial charge in [-0.15, -0.1) is 0 Å². The highest BCUT2D eigenvalue weighted by Crippen LogP contribution is 2.28. The number of aromatic nitrogens is 2. The van der Waals surface area contributed by atoms with E-state index in [-0.39, 0.29) is 11.9 Å². The molecule has 3 heterocycles. The van der Waals surface area contributed by atoms with Crippen molar-refractivity contribution >= 4 is 11.4 Å². The van der Waals surface area contributed by atoms with Crippen LogP contribution in [0.5, 0.6) is 0 Å². The number of hydrogen-bond donors (Lipinski definition) is 1.